The van der Waals surface area contributed by atoms with Crippen LogP contribution < -0.4 is 5.73 Å². The van der Waals surface area contributed by atoms with Crippen LogP contribution >= 0.6 is 22.9 Å². The highest BCUT2D eigenvalue weighted by Crippen LogP contribution is 2.29. The Balaban J connectivity index is 2.78. The molecule has 0 saturated carbocycles. The number of nitrogens with two attached hydrogens (primary N) is 1. The lowest BCUT2D eigenvalue weighted by atomic mass is 10.1. The topological polar surface area (TPSA) is 38.5 Å². The molecule has 1 heterocycles. The van der Waals surface area contributed by atoms with Gasteiger partial charge in [-0.3, -0.25) is 4.90 Å². The van der Waals surface area contributed by atoms with Crippen molar-refractivity contribution in [3.05, 3.63) is 21.3 Å². The zero-order chi connectivity index (χ0) is 13.5. The third-order valence-electron chi connectivity index (χ3n) is 2.76. The van der Waals surface area contributed by atoms with Crippen LogP contribution in [0.2, 0.25) is 5.02 Å². The Kier molecular flexibility index (Phi) is 7.19. The summed E-state index contributed by atoms with van der Waals surface area (Å²) < 4.78 is 5.18. The maximum atomic E-state index is 6.00. The molecule has 0 fully saturated rings. The van der Waals surface area contributed by atoms with Crippen LogP contribution in [-0.2, 0) is 4.74 Å². The summed E-state index contributed by atoms with van der Waals surface area (Å²) >= 11 is 7.68. The molecule has 5 heteroatoms. The van der Waals surface area contributed by atoms with Gasteiger partial charge in [0.2, 0.25) is 0 Å². The number of ether oxygens (including phenoxy) is 1. The first-order valence-corrected chi connectivity index (χ1v) is 7.51. The Hall–Kier alpha value is -0.130. The molecular formula is C13H23ClN2OS. The quantitative estimate of drug-likeness (QED) is 0.800. The summed E-state index contributed by atoms with van der Waals surface area (Å²) in [5, 5.41) is 2.76. The van der Waals surface area contributed by atoms with E-state index in [1.165, 1.54) is 4.88 Å². The molecule has 0 aliphatic rings. The Morgan fingerprint density at radius 1 is 1.50 bits per heavy atom. The number of rotatable bonds is 8. The van der Waals surface area contributed by atoms with Crippen molar-refractivity contribution in [2.45, 2.75) is 19.9 Å². The lowest BCUT2D eigenvalue weighted by Crippen LogP contribution is -2.38. The summed E-state index contributed by atoms with van der Waals surface area (Å²) in [5.74, 6) is 0.603. The van der Waals surface area contributed by atoms with Crippen LogP contribution in [0.4, 0.5) is 0 Å². The first kappa shape index (κ1) is 15.9. The molecule has 18 heavy (non-hydrogen) atoms. The molecule has 1 rings (SSSR count). The molecule has 3 nitrogen and oxygen atoms in total. The predicted octanol–water partition coefficient (Wildman–Crippen LogP) is 3.01. The van der Waals surface area contributed by atoms with Gasteiger partial charge in [-0.1, -0.05) is 25.4 Å². The fourth-order valence-corrected chi connectivity index (χ4v) is 3.23. The molecule has 1 unspecified atom stereocenters. The van der Waals surface area contributed by atoms with E-state index < -0.39 is 0 Å². The summed E-state index contributed by atoms with van der Waals surface area (Å²) in [6, 6.07) is 2.25. The lowest BCUT2D eigenvalue weighted by molar-refractivity contribution is 0.113. The third kappa shape index (κ3) is 4.86. The summed E-state index contributed by atoms with van der Waals surface area (Å²) in [5.41, 5.74) is 5.94. The van der Waals surface area contributed by atoms with Gasteiger partial charge < -0.3 is 10.5 Å². The van der Waals surface area contributed by atoms with E-state index in [2.05, 4.69) is 18.7 Å². The minimum Gasteiger partial charge on any atom is -0.383 e. The average molecular weight is 291 g/mol. The van der Waals surface area contributed by atoms with Crippen molar-refractivity contribution >= 4 is 22.9 Å². The van der Waals surface area contributed by atoms with Crippen LogP contribution in [0.1, 0.15) is 24.8 Å². The van der Waals surface area contributed by atoms with Gasteiger partial charge in [-0.2, -0.15) is 0 Å². The van der Waals surface area contributed by atoms with E-state index in [9.17, 15) is 0 Å². The van der Waals surface area contributed by atoms with Gasteiger partial charge in [-0.15, -0.1) is 11.3 Å². The molecule has 1 atom stereocenters. The van der Waals surface area contributed by atoms with E-state index in [1.54, 1.807) is 18.4 Å². The lowest BCUT2D eigenvalue weighted by Gasteiger charge is -2.31. The molecule has 1 aromatic heterocycles. The van der Waals surface area contributed by atoms with Crippen LogP contribution in [-0.4, -0.2) is 38.3 Å². The van der Waals surface area contributed by atoms with Crippen molar-refractivity contribution < 1.29 is 4.74 Å². The van der Waals surface area contributed by atoms with Gasteiger partial charge in [0, 0.05) is 37.0 Å². The highest BCUT2D eigenvalue weighted by atomic mass is 35.5. The van der Waals surface area contributed by atoms with Gasteiger partial charge in [0.25, 0.3) is 0 Å². The fraction of sp³-hybridized carbons (Fsp3) is 0.692. The first-order valence-electron chi connectivity index (χ1n) is 6.25. The number of methoxy groups -OCH3 is 1. The zero-order valence-electron chi connectivity index (χ0n) is 11.4. The normalized spacial score (nSPS) is 13.5. The summed E-state index contributed by atoms with van der Waals surface area (Å²) in [4.78, 5) is 3.62. The molecule has 1 aromatic rings. The van der Waals surface area contributed by atoms with Crippen molar-refractivity contribution in [3.63, 3.8) is 0 Å². The summed E-state index contributed by atoms with van der Waals surface area (Å²) in [6.07, 6.45) is 0. The molecular weight excluding hydrogens is 268 g/mol. The van der Waals surface area contributed by atoms with Crippen molar-refractivity contribution in [1.82, 2.24) is 4.90 Å². The first-order chi connectivity index (χ1) is 8.58. The van der Waals surface area contributed by atoms with Crippen LogP contribution in [0.25, 0.3) is 0 Å². The van der Waals surface area contributed by atoms with Crippen LogP contribution in [0.5, 0.6) is 0 Å². The molecule has 0 aliphatic heterocycles. The van der Waals surface area contributed by atoms with Gasteiger partial charge in [-0.25, -0.2) is 0 Å². The SMILES string of the molecule is COCCN(CC(C)C)C(CN)c1cc(Cl)cs1. The number of hydrogen-bond acceptors (Lipinski definition) is 4. The maximum absolute atomic E-state index is 6.00. The Morgan fingerprint density at radius 3 is 2.67 bits per heavy atom. The minimum absolute atomic E-state index is 0.236. The molecule has 0 saturated heterocycles. The molecule has 0 amide bonds. The Bertz CT molecular complexity index is 343. The highest BCUT2D eigenvalue weighted by Gasteiger charge is 2.21. The second kappa shape index (κ2) is 8.12. The zero-order valence-corrected chi connectivity index (χ0v) is 12.9. The Labute approximate surface area is 119 Å². The van der Waals surface area contributed by atoms with E-state index in [0.29, 0.717) is 12.5 Å². The maximum Gasteiger partial charge on any atom is 0.0589 e. The second-order valence-electron chi connectivity index (χ2n) is 4.80. The third-order valence-corrected chi connectivity index (χ3v) is 4.14. The minimum atomic E-state index is 0.236. The summed E-state index contributed by atoms with van der Waals surface area (Å²) in [7, 11) is 1.73. The molecule has 2 N–H and O–H groups in total. The standard InChI is InChI=1S/C13H23ClN2OS/c1-10(2)8-16(4-5-17-3)12(7-15)13-6-11(14)9-18-13/h6,9-10,12H,4-5,7-8,15H2,1-3H3. The number of nitrogens with zero attached hydrogens (tertiary/aromatic N) is 1. The van der Waals surface area contributed by atoms with Gasteiger partial charge in [-0.05, 0) is 12.0 Å². The predicted molar refractivity (Wildman–Crippen MR) is 79.4 cm³/mol. The van der Waals surface area contributed by atoms with Crippen molar-refractivity contribution in [1.29, 1.82) is 0 Å². The van der Waals surface area contributed by atoms with Crippen molar-refractivity contribution in [2.24, 2.45) is 11.7 Å². The van der Waals surface area contributed by atoms with Gasteiger partial charge >= 0.3 is 0 Å². The largest absolute Gasteiger partial charge is 0.383 e. The molecule has 0 radical (unpaired) electrons. The second-order valence-corrected chi connectivity index (χ2v) is 6.18. The molecule has 0 spiro atoms. The van der Waals surface area contributed by atoms with Crippen LogP contribution in [0.15, 0.2) is 11.4 Å². The van der Waals surface area contributed by atoms with E-state index in [1.807, 2.05) is 11.4 Å². The van der Waals surface area contributed by atoms with Gasteiger partial charge in [0.1, 0.15) is 0 Å². The molecule has 0 aromatic carbocycles. The van der Waals surface area contributed by atoms with Crippen LogP contribution in [0, 0.1) is 5.92 Å². The van der Waals surface area contributed by atoms with Gasteiger partial charge in [0.05, 0.1) is 17.7 Å². The number of hydrogen-bond donors (Lipinski definition) is 1. The highest BCUT2D eigenvalue weighted by molar-refractivity contribution is 7.10. The monoisotopic (exact) mass is 290 g/mol. The van der Waals surface area contributed by atoms with Crippen molar-refractivity contribution in [3.8, 4) is 0 Å². The average Bonchev–Trinajstić information content (AvgIpc) is 2.72. The van der Waals surface area contributed by atoms with Gasteiger partial charge in [0.15, 0.2) is 0 Å². The smallest absolute Gasteiger partial charge is 0.0589 e. The molecule has 104 valence electrons. The van der Waals surface area contributed by atoms with E-state index in [0.717, 1.165) is 24.7 Å². The fourth-order valence-electron chi connectivity index (χ4n) is 2.00. The number of halogens is 1. The molecule has 0 bridgehead atoms. The summed E-state index contributed by atoms with van der Waals surface area (Å²) in [6.45, 7) is 7.67. The van der Waals surface area contributed by atoms with Crippen LogP contribution in [0.3, 0.4) is 0 Å². The number of thiophene rings is 1. The Morgan fingerprint density at radius 2 is 2.22 bits per heavy atom. The molecule has 0 aliphatic carbocycles. The van der Waals surface area contributed by atoms with E-state index in [4.69, 9.17) is 22.1 Å². The van der Waals surface area contributed by atoms with E-state index >= 15 is 0 Å². The van der Waals surface area contributed by atoms with E-state index in [-0.39, 0.29) is 6.04 Å². The van der Waals surface area contributed by atoms with Crippen molar-refractivity contribution in [2.75, 3.05) is 33.4 Å².